The summed E-state index contributed by atoms with van der Waals surface area (Å²) in [6.07, 6.45) is 0. The Morgan fingerprint density at radius 2 is 0.704 bits per heavy atom. The Balaban J connectivity index is 1.72. The SMILES string of the molecule is c1ccc(Nc2cccc(Nc3ccccc3)c2Nc2ccccc2)cc1. The molecule has 0 radical (unpaired) electrons. The third-order valence-electron chi connectivity index (χ3n) is 4.21. The van der Waals surface area contributed by atoms with Gasteiger partial charge in [-0.3, -0.25) is 0 Å². The van der Waals surface area contributed by atoms with E-state index in [1.165, 1.54) is 0 Å². The highest BCUT2D eigenvalue weighted by molar-refractivity contribution is 5.90. The second-order valence-electron chi connectivity index (χ2n) is 6.20. The molecule has 0 heterocycles. The summed E-state index contributed by atoms with van der Waals surface area (Å²) in [5.41, 5.74) is 6.14. The normalized spacial score (nSPS) is 10.2. The number of hydrogen-bond acceptors (Lipinski definition) is 3. The van der Waals surface area contributed by atoms with Crippen molar-refractivity contribution >= 4 is 34.1 Å². The second-order valence-corrected chi connectivity index (χ2v) is 6.20. The van der Waals surface area contributed by atoms with Gasteiger partial charge in [-0.2, -0.15) is 0 Å². The van der Waals surface area contributed by atoms with Gasteiger partial charge >= 0.3 is 0 Å². The minimum Gasteiger partial charge on any atom is -0.354 e. The fourth-order valence-corrected chi connectivity index (χ4v) is 2.92. The predicted molar refractivity (Wildman–Crippen MR) is 116 cm³/mol. The summed E-state index contributed by atoms with van der Waals surface area (Å²) in [6.45, 7) is 0. The fourth-order valence-electron chi connectivity index (χ4n) is 2.92. The smallest absolute Gasteiger partial charge is 0.0862 e. The first-order valence-electron chi connectivity index (χ1n) is 8.98. The number of benzene rings is 4. The van der Waals surface area contributed by atoms with Crippen LogP contribution in [0.5, 0.6) is 0 Å². The first-order chi connectivity index (χ1) is 13.4. The lowest BCUT2D eigenvalue weighted by molar-refractivity contribution is 1.47. The highest BCUT2D eigenvalue weighted by atomic mass is 15.0. The molecule has 3 heteroatoms. The molecule has 3 nitrogen and oxygen atoms in total. The Labute approximate surface area is 159 Å². The number of anilines is 6. The molecule has 0 aliphatic carbocycles. The Bertz CT molecular complexity index is 924. The van der Waals surface area contributed by atoms with E-state index < -0.39 is 0 Å². The van der Waals surface area contributed by atoms with Gasteiger partial charge in [0, 0.05) is 17.1 Å². The lowest BCUT2D eigenvalue weighted by atomic mass is 10.2. The monoisotopic (exact) mass is 351 g/mol. The van der Waals surface area contributed by atoms with Gasteiger partial charge in [0.15, 0.2) is 0 Å². The average Bonchev–Trinajstić information content (AvgIpc) is 2.73. The van der Waals surface area contributed by atoms with Crippen LogP contribution in [-0.2, 0) is 0 Å². The zero-order chi connectivity index (χ0) is 18.3. The molecule has 0 aliphatic heterocycles. The van der Waals surface area contributed by atoms with Crippen LogP contribution < -0.4 is 16.0 Å². The van der Waals surface area contributed by atoms with Crippen molar-refractivity contribution in [1.29, 1.82) is 0 Å². The van der Waals surface area contributed by atoms with Crippen molar-refractivity contribution in [2.45, 2.75) is 0 Å². The van der Waals surface area contributed by atoms with Gasteiger partial charge in [-0.25, -0.2) is 0 Å². The van der Waals surface area contributed by atoms with Crippen molar-refractivity contribution in [2.24, 2.45) is 0 Å². The molecule has 27 heavy (non-hydrogen) atoms. The largest absolute Gasteiger partial charge is 0.354 e. The van der Waals surface area contributed by atoms with Crippen LogP contribution in [-0.4, -0.2) is 0 Å². The number of nitrogens with one attached hydrogen (secondary N) is 3. The van der Waals surface area contributed by atoms with E-state index in [1.54, 1.807) is 0 Å². The summed E-state index contributed by atoms with van der Waals surface area (Å²) >= 11 is 0. The highest BCUT2D eigenvalue weighted by Gasteiger charge is 2.10. The third kappa shape index (κ3) is 4.28. The van der Waals surface area contributed by atoms with Crippen LogP contribution in [0.15, 0.2) is 109 Å². The van der Waals surface area contributed by atoms with Gasteiger partial charge in [0.2, 0.25) is 0 Å². The molecule has 0 saturated carbocycles. The summed E-state index contributed by atoms with van der Waals surface area (Å²) in [5, 5.41) is 10.6. The van der Waals surface area contributed by atoms with Gasteiger partial charge in [-0.1, -0.05) is 60.7 Å². The molecule has 0 aliphatic rings. The molecule has 0 atom stereocenters. The van der Waals surface area contributed by atoms with Crippen LogP contribution in [0.3, 0.4) is 0 Å². The Morgan fingerprint density at radius 1 is 0.333 bits per heavy atom. The Hall–Kier alpha value is -3.72. The van der Waals surface area contributed by atoms with Gasteiger partial charge in [-0.05, 0) is 48.5 Å². The quantitative estimate of drug-likeness (QED) is 0.353. The molecule has 0 amide bonds. The summed E-state index contributed by atoms with van der Waals surface area (Å²) in [6, 6.07) is 36.8. The van der Waals surface area contributed by atoms with E-state index in [0.717, 1.165) is 34.1 Å². The maximum absolute atomic E-state index is 3.56. The minimum absolute atomic E-state index is 0.997. The topological polar surface area (TPSA) is 36.1 Å². The van der Waals surface area contributed by atoms with E-state index in [0.29, 0.717) is 0 Å². The van der Waals surface area contributed by atoms with Gasteiger partial charge in [0.25, 0.3) is 0 Å². The van der Waals surface area contributed by atoms with Crippen LogP contribution >= 0.6 is 0 Å². The molecule has 0 unspecified atom stereocenters. The predicted octanol–water partition coefficient (Wildman–Crippen LogP) is 6.92. The molecule has 0 bridgehead atoms. The first-order valence-corrected chi connectivity index (χ1v) is 8.98. The van der Waals surface area contributed by atoms with E-state index in [4.69, 9.17) is 0 Å². The minimum atomic E-state index is 0.997. The zero-order valence-electron chi connectivity index (χ0n) is 14.9. The van der Waals surface area contributed by atoms with Crippen molar-refractivity contribution in [3.8, 4) is 0 Å². The first kappa shape index (κ1) is 16.7. The van der Waals surface area contributed by atoms with E-state index in [9.17, 15) is 0 Å². The van der Waals surface area contributed by atoms with Crippen LogP contribution in [0.4, 0.5) is 34.1 Å². The number of rotatable bonds is 6. The van der Waals surface area contributed by atoms with Crippen molar-refractivity contribution in [3.63, 3.8) is 0 Å². The van der Waals surface area contributed by atoms with Crippen LogP contribution in [0.2, 0.25) is 0 Å². The molecular weight excluding hydrogens is 330 g/mol. The average molecular weight is 351 g/mol. The third-order valence-corrected chi connectivity index (χ3v) is 4.21. The molecule has 4 rings (SSSR count). The maximum atomic E-state index is 3.56. The Morgan fingerprint density at radius 3 is 1.11 bits per heavy atom. The summed E-state index contributed by atoms with van der Waals surface area (Å²) < 4.78 is 0. The summed E-state index contributed by atoms with van der Waals surface area (Å²) in [7, 11) is 0. The molecule has 4 aromatic carbocycles. The van der Waals surface area contributed by atoms with E-state index >= 15 is 0 Å². The van der Waals surface area contributed by atoms with E-state index in [2.05, 4.69) is 64.5 Å². The molecule has 4 aromatic rings. The molecular formula is C24H21N3. The second kappa shape index (κ2) is 8.11. The standard InChI is InChI=1S/C24H21N3/c1-4-11-19(12-5-1)25-22-17-10-18-23(26-20-13-6-2-7-14-20)24(22)27-21-15-8-3-9-16-21/h1-18,25-27H. The van der Waals surface area contributed by atoms with Crippen molar-refractivity contribution < 1.29 is 0 Å². The van der Waals surface area contributed by atoms with Crippen molar-refractivity contribution in [2.75, 3.05) is 16.0 Å². The van der Waals surface area contributed by atoms with Crippen molar-refractivity contribution in [3.05, 3.63) is 109 Å². The lowest BCUT2D eigenvalue weighted by Crippen LogP contribution is -2.02. The van der Waals surface area contributed by atoms with Gasteiger partial charge in [-0.15, -0.1) is 0 Å². The Kier molecular flexibility index (Phi) is 5.02. The molecule has 0 fully saturated rings. The molecule has 132 valence electrons. The number of para-hydroxylation sites is 4. The molecule has 3 N–H and O–H groups in total. The summed E-state index contributed by atoms with van der Waals surface area (Å²) in [5.74, 6) is 0. The molecule has 0 aromatic heterocycles. The lowest BCUT2D eigenvalue weighted by Gasteiger charge is -2.19. The summed E-state index contributed by atoms with van der Waals surface area (Å²) in [4.78, 5) is 0. The van der Waals surface area contributed by atoms with Crippen LogP contribution in [0.1, 0.15) is 0 Å². The van der Waals surface area contributed by atoms with Crippen LogP contribution in [0.25, 0.3) is 0 Å². The highest BCUT2D eigenvalue weighted by Crippen LogP contribution is 2.36. The zero-order valence-corrected chi connectivity index (χ0v) is 14.9. The van der Waals surface area contributed by atoms with E-state index in [1.807, 2.05) is 60.7 Å². The van der Waals surface area contributed by atoms with Gasteiger partial charge in [0.1, 0.15) is 0 Å². The maximum Gasteiger partial charge on any atom is 0.0862 e. The van der Waals surface area contributed by atoms with Gasteiger partial charge in [0.05, 0.1) is 17.1 Å². The van der Waals surface area contributed by atoms with Gasteiger partial charge < -0.3 is 16.0 Å². The van der Waals surface area contributed by atoms with Crippen molar-refractivity contribution in [1.82, 2.24) is 0 Å². The van der Waals surface area contributed by atoms with E-state index in [-0.39, 0.29) is 0 Å². The molecule has 0 spiro atoms. The number of hydrogen-bond donors (Lipinski definition) is 3. The van der Waals surface area contributed by atoms with Crippen LogP contribution in [0, 0.1) is 0 Å². The molecule has 0 saturated heterocycles. The fraction of sp³-hybridized carbons (Fsp3) is 0.